The van der Waals surface area contributed by atoms with Gasteiger partial charge in [-0.05, 0) is 55.2 Å². The van der Waals surface area contributed by atoms with Crippen LogP contribution in [0.4, 0.5) is 13.2 Å². The third-order valence-electron chi connectivity index (χ3n) is 6.11. The topological polar surface area (TPSA) is 79.5 Å². The number of ether oxygens (including phenoxy) is 1. The van der Waals surface area contributed by atoms with Crippen LogP contribution in [0.25, 0.3) is 10.8 Å². The van der Waals surface area contributed by atoms with Crippen LogP contribution >= 0.6 is 0 Å². The van der Waals surface area contributed by atoms with Crippen molar-refractivity contribution in [2.24, 2.45) is 0 Å². The number of nitrogens with zero attached hydrogens (tertiary/aromatic N) is 1. The first-order valence-corrected chi connectivity index (χ1v) is 12.4. The van der Waals surface area contributed by atoms with E-state index in [1.54, 1.807) is 13.0 Å². The zero-order valence-electron chi connectivity index (χ0n) is 18.8. The van der Waals surface area contributed by atoms with E-state index in [1.807, 2.05) is 0 Å². The highest BCUT2D eigenvalue weighted by molar-refractivity contribution is 7.92. The second kappa shape index (κ2) is 9.07. The Morgan fingerprint density at radius 2 is 1.76 bits per heavy atom. The van der Waals surface area contributed by atoms with Crippen molar-refractivity contribution in [1.29, 1.82) is 0 Å². The van der Waals surface area contributed by atoms with E-state index in [0.717, 1.165) is 5.56 Å². The van der Waals surface area contributed by atoms with E-state index >= 15 is 4.39 Å². The summed E-state index contributed by atoms with van der Waals surface area (Å²) in [6.45, 7) is 3.96. The molecule has 0 amide bonds. The Hall–Kier alpha value is -2.85. The first-order chi connectivity index (χ1) is 16.0. The van der Waals surface area contributed by atoms with Gasteiger partial charge in [0.05, 0.1) is 10.3 Å². The van der Waals surface area contributed by atoms with Crippen LogP contribution in [-0.4, -0.2) is 42.7 Å². The lowest BCUT2D eigenvalue weighted by Crippen LogP contribution is -2.37. The number of fused-ring (bicyclic) bond motifs is 1. The summed E-state index contributed by atoms with van der Waals surface area (Å²) in [5, 5.41) is -3.30. The molecule has 0 aliphatic carbocycles. The van der Waals surface area contributed by atoms with Gasteiger partial charge in [0.25, 0.3) is 5.56 Å². The fourth-order valence-corrected chi connectivity index (χ4v) is 5.06. The van der Waals surface area contributed by atoms with Crippen molar-refractivity contribution in [1.82, 2.24) is 9.88 Å². The number of alkyl halides is 2. The van der Waals surface area contributed by atoms with Crippen molar-refractivity contribution in [3.8, 4) is 5.75 Å². The molecule has 0 saturated carbocycles. The second-order valence-corrected chi connectivity index (χ2v) is 10.8. The zero-order chi connectivity index (χ0) is 24.7. The van der Waals surface area contributed by atoms with Gasteiger partial charge in [-0.1, -0.05) is 12.1 Å². The summed E-state index contributed by atoms with van der Waals surface area (Å²) in [5.41, 5.74) is 1.07. The molecule has 6 nitrogen and oxygen atoms in total. The van der Waals surface area contributed by atoms with E-state index in [2.05, 4.69) is 9.88 Å². The summed E-state index contributed by atoms with van der Waals surface area (Å²) < 4.78 is 71.4. The first-order valence-electron chi connectivity index (χ1n) is 10.9. The third kappa shape index (κ3) is 4.69. The van der Waals surface area contributed by atoms with E-state index in [0.29, 0.717) is 45.0 Å². The fourth-order valence-electron chi connectivity index (χ4n) is 4.15. The number of aromatic amines is 1. The Bertz CT molecular complexity index is 1360. The maximum Gasteiger partial charge on any atom is 0.347 e. The summed E-state index contributed by atoms with van der Waals surface area (Å²) in [4.78, 5) is 16.3. The van der Waals surface area contributed by atoms with E-state index in [1.165, 1.54) is 36.5 Å². The molecule has 10 heteroatoms. The highest BCUT2D eigenvalue weighted by Gasteiger charge is 2.40. The number of nitrogens with one attached hydrogen (secondary N) is 1. The lowest BCUT2D eigenvalue weighted by Gasteiger charge is -2.32. The molecule has 2 aromatic carbocycles. The van der Waals surface area contributed by atoms with Crippen LogP contribution < -0.4 is 10.3 Å². The molecule has 182 valence electrons. The van der Waals surface area contributed by atoms with Crippen molar-refractivity contribution in [3.63, 3.8) is 0 Å². The number of aromatic nitrogens is 1. The number of hydrogen-bond donors (Lipinski definition) is 1. The Morgan fingerprint density at radius 1 is 1.12 bits per heavy atom. The molecule has 1 aliphatic heterocycles. The maximum absolute atomic E-state index is 15.0. The molecule has 34 heavy (non-hydrogen) atoms. The standard InChI is InChI=1S/C24H25F3N2O4S/c1-15-13-28-23(30)19-7-8-20(22(25)21(15)19)33-17-9-11-29(12-10-17)14-16-3-5-18(6-4-16)34(31,32)24(2,26)27/h3-8,13,17H,9-12,14H2,1-2H3,(H,28,30). The third-order valence-corrected chi connectivity index (χ3v) is 7.94. The molecule has 1 fully saturated rings. The fraction of sp³-hybridized carbons (Fsp3) is 0.375. The summed E-state index contributed by atoms with van der Waals surface area (Å²) in [5.74, 6) is -0.430. The monoisotopic (exact) mass is 494 g/mol. The Kier molecular flexibility index (Phi) is 6.48. The second-order valence-electron chi connectivity index (χ2n) is 8.65. The molecule has 1 N–H and O–H groups in total. The number of sulfone groups is 1. The van der Waals surface area contributed by atoms with Crippen LogP contribution in [0.3, 0.4) is 0 Å². The maximum atomic E-state index is 15.0. The smallest absolute Gasteiger partial charge is 0.347 e. The highest BCUT2D eigenvalue weighted by Crippen LogP contribution is 2.30. The van der Waals surface area contributed by atoms with Gasteiger partial charge >= 0.3 is 5.25 Å². The Morgan fingerprint density at radius 3 is 2.38 bits per heavy atom. The first kappa shape index (κ1) is 24.3. The van der Waals surface area contributed by atoms with Crippen LogP contribution in [0.1, 0.15) is 30.9 Å². The van der Waals surface area contributed by atoms with Crippen molar-refractivity contribution in [2.75, 3.05) is 13.1 Å². The molecule has 4 rings (SSSR count). The van der Waals surface area contributed by atoms with Crippen LogP contribution in [0.15, 0.2) is 52.3 Å². The van der Waals surface area contributed by atoms with Gasteiger partial charge in [0.1, 0.15) is 6.10 Å². The molecule has 1 saturated heterocycles. The molecule has 0 radical (unpaired) electrons. The van der Waals surface area contributed by atoms with Gasteiger partial charge in [0.15, 0.2) is 11.6 Å². The number of halogens is 3. The molecule has 1 aromatic heterocycles. The number of likely N-dealkylation sites (tertiary alicyclic amines) is 1. The normalized spacial score (nSPS) is 16.1. The minimum Gasteiger partial charge on any atom is -0.487 e. The Balaban J connectivity index is 1.38. The van der Waals surface area contributed by atoms with E-state index in [-0.39, 0.29) is 28.2 Å². The minimum absolute atomic E-state index is 0.115. The molecular weight excluding hydrogens is 469 g/mol. The average Bonchev–Trinajstić information content (AvgIpc) is 2.79. The van der Waals surface area contributed by atoms with Gasteiger partial charge < -0.3 is 9.72 Å². The largest absolute Gasteiger partial charge is 0.487 e. The molecule has 1 aliphatic rings. The predicted molar refractivity (Wildman–Crippen MR) is 122 cm³/mol. The molecular formula is C24H25F3N2O4S. The summed E-state index contributed by atoms with van der Waals surface area (Å²) >= 11 is 0. The van der Waals surface area contributed by atoms with Gasteiger partial charge in [0.2, 0.25) is 9.84 Å². The molecule has 3 aromatic rings. The Labute approximate surface area is 195 Å². The number of hydrogen-bond acceptors (Lipinski definition) is 5. The molecule has 0 unspecified atom stereocenters. The van der Waals surface area contributed by atoms with Gasteiger partial charge in [0, 0.05) is 38.1 Å². The van der Waals surface area contributed by atoms with E-state index < -0.39 is 25.8 Å². The number of rotatable bonds is 6. The highest BCUT2D eigenvalue weighted by atomic mass is 32.2. The van der Waals surface area contributed by atoms with Crippen molar-refractivity contribution < 1.29 is 26.3 Å². The van der Waals surface area contributed by atoms with Gasteiger partial charge in [-0.25, -0.2) is 12.8 Å². The SMILES string of the molecule is Cc1c[nH]c(=O)c2ccc(OC3CCN(Cc4ccc(S(=O)(=O)C(C)(F)F)cc4)CC3)c(F)c12. The average molecular weight is 495 g/mol. The number of aryl methyl sites for hydroxylation is 1. The van der Waals surface area contributed by atoms with Gasteiger partial charge in [-0.3, -0.25) is 9.69 Å². The van der Waals surface area contributed by atoms with Crippen molar-refractivity contribution in [2.45, 2.75) is 49.5 Å². The quantitative estimate of drug-likeness (QED) is 0.549. The number of H-pyrrole nitrogens is 1. The van der Waals surface area contributed by atoms with Crippen molar-refractivity contribution in [3.05, 3.63) is 69.9 Å². The summed E-state index contributed by atoms with van der Waals surface area (Å²) in [6, 6.07) is 8.52. The lowest BCUT2D eigenvalue weighted by molar-refractivity contribution is 0.0938. The van der Waals surface area contributed by atoms with Crippen LogP contribution in [0, 0.1) is 12.7 Å². The predicted octanol–water partition coefficient (Wildman–Crippen LogP) is 4.41. The molecule has 0 atom stereocenters. The number of piperidine rings is 1. The van der Waals surface area contributed by atoms with Crippen LogP contribution in [0.5, 0.6) is 5.75 Å². The summed E-state index contributed by atoms with van der Waals surface area (Å²) in [7, 11) is -4.70. The van der Waals surface area contributed by atoms with Crippen LogP contribution in [-0.2, 0) is 16.4 Å². The van der Waals surface area contributed by atoms with Gasteiger partial charge in [-0.15, -0.1) is 0 Å². The van der Waals surface area contributed by atoms with Gasteiger partial charge in [-0.2, -0.15) is 8.78 Å². The molecule has 0 spiro atoms. The number of pyridine rings is 1. The van der Waals surface area contributed by atoms with Crippen LogP contribution in [0.2, 0.25) is 0 Å². The molecule has 2 heterocycles. The summed E-state index contributed by atoms with van der Waals surface area (Å²) in [6.07, 6.45) is 2.59. The minimum atomic E-state index is -4.70. The molecule has 0 bridgehead atoms. The number of benzene rings is 2. The lowest BCUT2D eigenvalue weighted by atomic mass is 10.1. The van der Waals surface area contributed by atoms with E-state index in [4.69, 9.17) is 4.74 Å². The van der Waals surface area contributed by atoms with E-state index in [9.17, 15) is 22.0 Å². The van der Waals surface area contributed by atoms with Crippen molar-refractivity contribution >= 4 is 20.6 Å². The zero-order valence-corrected chi connectivity index (χ0v) is 19.6.